The van der Waals surface area contributed by atoms with Crippen molar-refractivity contribution in [2.75, 3.05) is 13.2 Å². The Hall–Kier alpha value is -1.43. The fourth-order valence-electron chi connectivity index (χ4n) is 1.80. The summed E-state index contributed by atoms with van der Waals surface area (Å²) in [6.07, 6.45) is 4.75. The molecule has 17 heavy (non-hydrogen) atoms. The van der Waals surface area contributed by atoms with Crippen LogP contribution in [-0.4, -0.2) is 22.8 Å². The lowest BCUT2D eigenvalue weighted by Gasteiger charge is -2.14. The van der Waals surface area contributed by atoms with Crippen molar-refractivity contribution in [1.82, 2.24) is 15.0 Å². The lowest BCUT2D eigenvalue weighted by atomic mass is 10.1. The minimum absolute atomic E-state index is 0.0264. The fraction of sp³-hybridized carbons (Fsp3) is 0.417. The van der Waals surface area contributed by atoms with Crippen LogP contribution in [-0.2, 0) is 4.74 Å². The van der Waals surface area contributed by atoms with Gasteiger partial charge in [-0.3, -0.25) is 11.3 Å². The zero-order valence-electron chi connectivity index (χ0n) is 9.97. The van der Waals surface area contributed by atoms with Crippen LogP contribution in [0.5, 0.6) is 0 Å². The highest BCUT2D eigenvalue weighted by Gasteiger charge is 2.14. The van der Waals surface area contributed by atoms with Crippen molar-refractivity contribution < 1.29 is 4.74 Å². The van der Waals surface area contributed by atoms with E-state index in [-0.39, 0.29) is 6.04 Å². The number of nitrogens with one attached hydrogen (secondary N) is 1. The maximum Gasteiger partial charge on any atom is 0.0730 e. The molecule has 1 atom stereocenters. The molecule has 0 saturated carbocycles. The van der Waals surface area contributed by atoms with Gasteiger partial charge in [-0.1, -0.05) is 13.0 Å². The first-order chi connectivity index (χ1) is 8.36. The Kier molecular flexibility index (Phi) is 4.08. The molecule has 5 heteroatoms. The van der Waals surface area contributed by atoms with E-state index in [1.54, 1.807) is 0 Å². The van der Waals surface area contributed by atoms with Crippen LogP contribution >= 0.6 is 0 Å². The molecule has 3 N–H and O–H groups in total. The normalized spacial score (nSPS) is 13.1. The summed E-state index contributed by atoms with van der Waals surface area (Å²) < 4.78 is 7.36. The molecule has 0 aromatic carbocycles. The third-order valence-corrected chi connectivity index (χ3v) is 2.67. The summed E-state index contributed by atoms with van der Waals surface area (Å²) in [5.74, 6) is 5.57. The molecular weight excluding hydrogens is 216 g/mol. The number of fused-ring (bicyclic) bond motifs is 1. The van der Waals surface area contributed by atoms with Gasteiger partial charge in [-0.25, -0.2) is 4.52 Å². The average molecular weight is 234 g/mol. The first kappa shape index (κ1) is 12.0. The van der Waals surface area contributed by atoms with E-state index in [1.165, 1.54) is 0 Å². The quantitative estimate of drug-likeness (QED) is 0.449. The van der Waals surface area contributed by atoms with Crippen molar-refractivity contribution in [3.8, 4) is 0 Å². The molecular formula is C12H18N4O. The standard InChI is InChI=1S/C12H18N4O/c1-2-7-17-9-11(15-13)10-8-14-16-6-4-3-5-12(10)16/h3-6,8,11,15H,2,7,9,13H2,1H3. The summed E-state index contributed by atoms with van der Waals surface area (Å²) in [5, 5.41) is 4.28. The highest BCUT2D eigenvalue weighted by Crippen LogP contribution is 2.18. The molecule has 0 radical (unpaired) electrons. The number of aromatic nitrogens is 2. The number of rotatable bonds is 6. The van der Waals surface area contributed by atoms with E-state index in [0.717, 1.165) is 24.1 Å². The van der Waals surface area contributed by atoms with E-state index in [1.807, 2.05) is 35.1 Å². The summed E-state index contributed by atoms with van der Waals surface area (Å²) in [6, 6.07) is 5.93. The van der Waals surface area contributed by atoms with Crippen molar-refractivity contribution >= 4 is 5.52 Å². The molecule has 2 rings (SSSR count). The Morgan fingerprint density at radius 2 is 2.41 bits per heavy atom. The molecule has 92 valence electrons. The summed E-state index contributed by atoms with van der Waals surface area (Å²) in [5.41, 5.74) is 4.89. The molecule has 0 spiro atoms. The summed E-state index contributed by atoms with van der Waals surface area (Å²) in [7, 11) is 0. The van der Waals surface area contributed by atoms with Gasteiger partial charge in [-0.05, 0) is 18.6 Å². The number of hydrogen-bond donors (Lipinski definition) is 2. The van der Waals surface area contributed by atoms with Crippen LogP contribution in [0.1, 0.15) is 24.9 Å². The van der Waals surface area contributed by atoms with Crippen LogP contribution in [0.4, 0.5) is 0 Å². The predicted octanol–water partition coefficient (Wildman–Crippen LogP) is 1.27. The van der Waals surface area contributed by atoms with Crippen molar-refractivity contribution in [2.45, 2.75) is 19.4 Å². The molecule has 1 unspecified atom stereocenters. The molecule has 0 aliphatic carbocycles. The van der Waals surface area contributed by atoms with Gasteiger partial charge in [0.05, 0.1) is 24.4 Å². The molecule has 0 fully saturated rings. The van der Waals surface area contributed by atoms with Crippen LogP contribution in [0.2, 0.25) is 0 Å². The van der Waals surface area contributed by atoms with Gasteiger partial charge in [-0.2, -0.15) is 5.10 Å². The molecule has 0 aliphatic rings. The maximum atomic E-state index is 5.57. The predicted molar refractivity (Wildman–Crippen MR) is 66.4 cm³/mol. The molecule has 0 aliphatic heterocycles. The zero-order valence-corrected chi connectivity index (χ0v) is 9.97. The van der Waals surface area contributed by atoms with Gasteiger partial charge in [0.25, 0.3) is 0 Å². The van der Waals surface area contributed by atoms with Gasteiger partial charge >= 0.3 is 0 Å². The SMILES string of the molecule is CCCOCC(NN)c1cnn2ccccc12. The van der Waals surface area contributed by atoms with Crippen molar-refractivity contribution in [3.63, 3.8) is 0 Å². The summed E-state index contributed by atoms with van der Waals surface area (Å²) in [6.45, 7) is 3.39. The van der Waals surface area contributed by atoms with Gasteiger partial charge in [-0.15, -0.1) is 0 Å². The average Bonchev–Trinajstić information content (AvgIpc) is 2.79. The van der Waals surface area contributed by atoms with Crippen LogP contribution in [0, 0.1) is 0 Å². The van der Waals surface area contributed by atoms with Crippen LogP contribution in [0.25, 0.3) is 5.52 Å². The molecule has 2 aromatic heterocycles. The van der Waals surface area contributed by atoms with Gasteiger partial charge in [0.2, 0.25) is 0 Å². The Labute approximate surface area is 101 Å². The van der Waals surface area contributed by atoms with Crippen LogP contribution in [0.3, 0.4) is 0 Å². The largest absolute Gasteiger partial charge is 0.379 e. The molecule has 2 heterocycles. The Bertz CT molecular complexity index is 468. The smallest absolute Gasteiger partial charge is 0.0730 e. The third-order valence-electron chi connectivity index (χ3n) is 2.67. The zero-order chi connectivity index (χ0) is 12.1. The highest BCUT2D eigenvalue weighted by molar-refractivity contribution is 5.54. The third kappa shape index (κ3) is 2.63. The number of nitrogens with two attached hydrogens (primary N) is 1. The van der Waals surface area contributed by atoms with E-state index in [0.29, 0.717) is 6.61 Å². The van der Waals surface area contributed by atoms with Crippen molar-refractivity contribution in [2.24, 2.45) is 5.84 Å². The second kappa shape index (κ2) is 5.77. The molecule has 2 aromatic rings. The minimum Gasteiger partial charge on any atom is -0.379 e. The summed E-state index contributed by atoms with van der Waals surface area (Å²) in [4.78, 5) is 0. The van der Waals surface area contributed by atoms with E-state index in [4.69, 9.17) is 10.6 Å². The fourth-order valence-corrected chi connectivity index (χ4v) is 1.80. The van der Waals surface area contributed by atoms with Crippen LogP contribution < -0.4 is 11.3 Å². The van der Waals surface area contributed by atoms with Crippen molar-refractivity contribution in [1.29, 1.82) is 0 Å². The monoisotopic (exact) mass is 234 g/mol. The second-order valence-corrected chi connectivity index (χ2v) is 3.92. The Morgan fingerprint density at radius 1 is 1.53 bits per heavy atom. The molecule has 5 nitrogen and oxygen atoms in total. The number of hydrogen-bond acceptors (Lipinski definition) is 4. The number of nitrogens with zero attached hydrogens (tertiary/aromatic N) is 2. The first-order valence-corrected chi connectivity index (χ1v) is 5.83. The van der Waals surface area contributed by atoms with Crippen LogP contribution in [0.15, 0.2) is 30.6 Å². The molecule has 0 bridgehead atoms. The highest BCUT2D eigenvalue weighted by atomic mass is 16.5. The second-order valence-electron chi connectivity index (χ2n) is 3.92. The topological polar surface area (TPSA) is 64.6 Å². The Balaban J connectivity index is 2.18. The van der Waals surface area contributed by atoms with Gasteiger partial charge in [0.15, 0.2) is 0 Å². The van der Waals surface area contributed by atoms with E-state index >= 15 is 0 Å². The van der Waals surface area contributed by atoms with E-state index < -0.39 is 0 Å². The number of hydrazine groups is 1. The molecule has 0 amide bonds. The van der Waals surface area contributed by atoms with E-state index in [2.05, 4.69) is 17.4 Å². The molecule has 0 saturated heterocycles. The minimum atomic E-state index is -0.0264. The summed E-state index contributed by atoms with van der Waals surface area (Å²) >= 11 is 0. The van der Waals surface area contributed by atoms with Gasteiger partial charge in [0, 0.05) is 18.4 Å². The van der Waals surface area contributed by atoms with Crippen molar-refractivity contribution in [3.05, 3.63) is 36.2 Å². The number of pyridine rings is 1. The lowest BCUT2D eigenvalue weighted by Crippen LogP contribution is -2.31. The maximum absolute atomic E-state index is 5.57. The van der Waals surface area contributed by atoms with Gasteiger partial charge in [0.1, 0.15) is 0 Å². The Morgan fingerprint density at radius 3 is 3.18 bits per heavy atom. The number of ether oxygens (including phenoxy) is 1. The van der Waals surface area contributed by atoms with E-state index in [9.17, 15) is 0 Å². The first-order valence-electron chi connectivity index (χ1n) is 5.83. The van der Waals surface area contributed by atoms with Gasteiger partial charge < -0.3 is 4.74 Å². The lowest BCUT2D eigenvalue weighted by molar-refractivity contribution is 0.112.